The molecular formula is C19H14ClFN8O. The minimum absolute atomic E-state index is 0.000927. The Hall–Kier alpha value is -3.79. The van der Waals surface area contributed by atoms with E-state index in [0.717, 1.165) is 11.3 Å². The van der Waals surface area contributed by atoms with Crippen LogP contribution in [-0.4, -0.2) is 39.7 Å². The summed E-state index contributed by atoms with van der Waals surface area (Å²) in [6, 6.07) is 5.11. The number of pyridine rings is 1. The third kappa shape index (κ3) is 3.26. The SMILES string of the molecule is O=C(NCc1ncn2ccc(Cl)c(F)c12)c1cnn(Cc2cn3ncccc3n2)c1. The van der Waals surface area contributed by atoms with E-state index in [-0.39, 0.29) is 23.0 Å². The average molecular weight is 425 g/mol. The van der Waals surface area contributed by atoms with E-state index < -0.39 is 5.82 Å². The Labute approximate surface area is 173 Å². The summed E-state index contributed by atoms with van der Waals surface area (Å²) >= 11 is 5.85. The van der Waals surface area contributed by atoms with Crippen molar-refractivity contribution in [1.29, 1.82) is 0 Å². The minimum Gasteiger partial charge on any atom is -0.346 e. The van der Waals surface area contributed by atoms with Crippen molar-refractivity contribution in [2.45, 2.75) is 13.1 Å². The molecule has 0 radical (unpaired) electrons. The second-order valence-electron chi connectivity index (χ2n) is 6.59. The highest BCUT2D eigenvalue weighted by atomic mass is 35.5. The Morgan fingerprint density at radius 1 is 1.23 bits per heavy atom. The number of hydrogen-bond acceptors (Lipinski definition) is 5. The maximum absolute atomic E-state index is 14.3. The summed E-state index contributed by atoms with van der Waals surface area (Å²) in [4.78, 5) is 21.1. The lowest BCUT2D eigenvalue weighted by atomic mass is 10.3. The molecule has 0 aliphatic heterocycles. The lowest BCUT2D eigenvalue weighted by Crippen LogP contribution is -2.22. The van der Waals surface area contributed by atoms with Gasteiger partial charge in [0.2, 0.25) is 0 Å². The Kier molecular flexibility index (Phi) is 4.40. The second-order valence-corrected chi connectivity index (χ2v) is 7.00. The minimum atomic E-state index is -0.573. The lowest BCUT2D eigenvalue weighted by Gasteiger charge is -2.03. The first-order valence-corrected chi connectivity index (χ1v) is 9.36. The van der Waals surface area contributed by atoms with E-state index in [2.05, 4.69) is 25.5 Å². The van der Waals surface area contributed by atoms with Crippen molar-refractivity contribution in [3.63, 3.8) is 0 Å². The van der Waals surface area contributed by atoms with Crippen molar-refractivity contribution in [1.82, 2.24) is 39.1 Å². The van der Waals surface area contributed by atoms with Gasteiger partial charge in [-0.05, 0) is 18.2 Å². The van der Waals surface area contributed by atoms with Crippen molar-refractivity contribution in [3.8, 4) is 0 Å². The molecule has 5 rings (SSSR count). The molecule has 0 spiro atoms. The van der Waals surface area contributed by atoms with Crippen LogP contribution in [0.1, 0.15) is 21.7 Å². The molecule has 1 amide bonds. The molecule has 5 aromatic rings. The summed E-state index contributed by atoms with van der Waals surface area (Å²) < 4.78 is 19.1. The number of amides is 1. The molecule has 0 saturated heterocycles. The topological polar surface area (TPSA) is 94.4 Å². The van der Waals surface area contributed by atoms with Crippen LogP contribution >= 0.6 is 11.6 Å². The van der Waals surface area contributed by atoms with Gasteiger partial charge < -0.3 is 9.72 Å². The number of nitrogens with zero attached hydrogens (tertiary/aromatic N) is 7. The molecular weight excluding hydrogens is 411 g/mol. The first-order chi connectivity index (χ1) is 14.6. The van der Waals surface area contributed by atoms with E-state index in [1.54, 1.807) is 34.0 Å². The highest BCUT2D eigenvalue weighted by molar-refractivity contribution is 6.31. The molecule has 0 aromatic carbocycles. The van der Waals surface area contributed by atoms with Gasteiger partial charge in [-0.15, -0.1) is 0 Å². The number of carbonyl (C=O) groups is 1. The van der Waals surface area contributed by atoms with Crippen LogP contribution in [0.5, 0.6) is 0 Å². The predicted octanol–water partition coefficient (Wildman–Crippen LogP) is 2.34. The standard InChI is InChI=1S/C19H14ClFN8O/c20-14-3-5-27-11-23-15(18(27)17(14)21)7-22-19(30)12-6-25-28(8-12)9-13-10-29-16(26-13)2-1-4-24-29/h1-6,8,10-11H,7,9H2,(H,22,30). The lowest BCUT2D eigenvalue weighted by molar-refractivity contribution is 0.0950. The highest BCUT2D eigenvalue weighted by Crippen LogP contribution is 2.21. The zero-order valence-corrected chi connectivity index (χ0v) is 16.2. The van der Waals surface area contributed by atoms with Crippen LogP contribution in [0, 0.1) is 5.82 Å². The third-order valence-corrected chi connectivity index (χ3v) is 4.88. The van der Waals surface area contributed by atoms with E-state index in [9.17, 15) is 9.18 Å². The highest BCUT2D eigenvalue weighted by Gasteiger charge is 2.15. The fourth-order valence-electron chi connectivity index (χ4n) is 3.17. The van der Waals surface area contributed by atoms with Crippen LogP contribution < -0.4 is 5.32 Å². The molecule has 0 aliphatic rings. The van der Waals surface area contributed by atoms with E-state index in [0.29, 0.717) is 17.8 Å². The van der Waals surface area contributed by atoms with Gasteiger partial charge in [-0.1, -0.05) is 11.6 Å². The van der Waals surface area contributed by atoms with Gasteiger partial charge >= 0.3 is 0 Å². The molecule has 0 bridgehead atoms. The van der Waals surface area contributed by atoms with Crippen LogP contribution in [0.15, 0.2) is 55.5 Å². The molecule has 0 unspecified atom stereocenters. The van der Waals surface area contributed by atoms with E-state index >= 15 is 0 Å². The van der Waals surface area contributed by atoms with Crippen LogP contribution in [0.25, 0.3) is 11.2 Å². The number of nitrogens with one attached hydrogen (secondary N) is 1. The Morgan fingerprint density at radius 3 is 3.00 bits per heavy atom. The van der Waals surface area contributed by atoms with Gasteiger partial charge in [0, 0.05) is 18.6 Å². The first-order valence-electron chi connectivity index (χ1n) is 8.98. The largest absolute Gasteiger partial charge is 0.346 e. The zero-order chi connectivity index (χ0) is 20.7. The molecule has 0 fully saturated rings. The van der Waals surface area contributed by atoms with Crippen molar-refractivity contribution in [2.24, 2.45) is 0 Å². The molecule has 30 heavy (non-hydrogen) atoms. The van der Waals surface area contributed by atoms with Gasteiger partial charge in [-0.25, -0.2) is 18.9 Å². The molecule has 0 atom stereocenters. The number of imidazole rings is 2. The monoisotopic (exact) mass is 424 g/mol. The number of halogens is 2. The number of carbonyl (C=O) groups excluding carboxylic acids is 1. The quantitative estimate of drug-likeness (QED) is 0.467. The van der Waals surface area contributed by atoms with Crippen molar-refractivity contribution < 1.29 is 9.18 Å². The fourth-order valence-corrected chi connectivity index (χ4v) is 3.32. The number of aromatic nitrogens is 7. The number of hydrogen-bond donors (Lipinski definition) is 1. The first kappa shape index (κ1) is 18.3. The molecule has 150 valence electrons. The van der Waals surface area contributed by atoms with Crippen LogP contribution in [0.2, 0.25) is 5.02 Å². The van der Waals surface area contributed by atoms with Gasteiger partial charge in [0.05, 0.1) is 53.8 Å². The summed E-state index contributed by atoms with van der Waals surface area (Å²) in [7, 11) is 0. The number of fused-ring (bicyclic) bond motifs is 2. The summed E-state index contributed by atoms with van der Waals surface area (Å²) in [6.45, 7) is 0.446. The van der Waals surface area contributed by atoms with Gasteiger partial charge in [-0.2, -0.15) is 10.2 Å². The normalized spacial score (nSPS) is 11.4. The molecule has 5 heterocycles. The summed E-state index contributed by atoms with van der Waals surface area (Å²) in [5, 5.41) is 11.1. The molecule has 0 saturated carbocycles. The molecule has 1 N–H and O–H groups in total. The Bertz CT molecular complexity index is 1350. The van der Waals surface area contributed by atoms with Crippen molar-refractivity contribution in [2.75, 3.05) is 0 Å². The Balaban J connectivity index is 1.28. The fraction of sp³-hybridized carbons (Fsp3) is 0.105. The smallest absolute Gasteiger partial charge is 0.254 e. The van der Waals surface area contributed by atoms with Gasteiger partial charge in [0.1, 0.15) is 5.52 Å². The molecule has 9 nitrogen and oxygen atoms in total. The van der Waals surface area contributed by atoms with Gasteiger partial charge in [0.25, 0.3) is 5.91 Å². The zero-order valence-electron chi connectivity index (χ0n) is 15.4. The van der Waals surface area contributed by atoms with Gasteiger partial charge in [-0.3, -0.25) is 9.48 Å². The van der Waals surface area contributed by atoms with E-state index in [1.165, 1.54) is 23.0 Å². The average Bonchev–Trinajstić information content (AvgIpc) is 3.47. The van der Waals surface area contributed by atoms with Crippen molar-refractivity contribution >= 4 is 28.7 Å². The predicted molar refractivity (Wildman–Crippen MR) is 106 cm³/mol. The molecule has 11 heteroatoms. The molecule has 5 aromatic heterocycles. The maximum Gasteiger partial charge on any atom is 0.254 e. The summed E-state index contributed by atoms with van der Waals surface area (Å²) in [6.07, 6.45) is 9.65. The summed E-state index contributed by atoms with van der Waals surface area (Å²) in [5.41, 5.74) is 2.49. The number of rotatable bonds is 5. The van der Waals surface area contributed by atoms with E-state index in [4.69, 9.17) is 11.6 Å². The second kappa shape index (κ2) is 7.23. The van der Waals surface area contributed by atoms with Gasteiger partial charge in [0.15, 0.2) is 11.5 Å². The van der Waals surface area contributed by atoms with Crippen molar-refractivity contribution in [3.05, 3.63) is 83.3 Å². The van der Waals surface area contributed by atoms with Crippen LogP contribution in [-0.2, 0) is 13.1 Å². The molecule has 0 aliphatic carbocycles. The van der Waals surface area contributed by atoms with Crippen LogP contribution in [0.3, 0.4) is 0 Å². The van der Waals surface area contributed by atoms with Crippen LogP contribution in [0.4, 0.5) is 4.39 Å². The maximum atomic E-state index is 14.3. The third-order valence-electron chi connectivity index (χ3n) is 4.59. The Morgan fingerprint density at radius 2 is 2.13 bits per heavy atom. The van der Waals surface area contributed by atoms with E-state index in [1.807, 2.05) is 12.1 Å². The summed E-state index contributed by atoms with van der Waals surface area (Å²) in [5.74, 6) is -0.919.